The molecule has 2 aliphatic rings. The van der Waals surface area contributed by atoms with Crippen molar-refractivity contribution in [3.05, 3.63) is 18.3 Å². The SMILES string of the molecule is NC1CCC(Nc2ccc(N3CCCC3)nc2)CC1. The van der Waals surface area contributed by atoms with E-state index in [-0.39, 0.29) is 0 Å². The highest BCUT2D eigenvalue weighted by molar-refractivity contribution is 5.49. The molecule has 3 N–H and O–H groups in total. The molecular formula is C15H24N4. The van der Waals surface area contributed by atoms with Gasteiger partial charge in [-0.1, -0.05) is 0 Å². The molecule has 104 valence electrons. The van der Waals surface area contributed by atoms with Crippen LogP contribution in [0.2, 0.25) is 0 Å². The fourth-order valence-corrected chi connectivity index (χ4v) is 3.10. The summed E-state index contributed by atoms with van der Waals surface area (Å²) >= 11 is 0. The Morgan fingerprint density at radius 3 is 2.47 bits per heavy atom. The van der Waals surface area contributed by atoms with E-state index in [1.807, 2.05) is 6.20 Å². The topological polar surface area (TPSA) is 54.2 Å². The number of rotatable bonds is 3. The molecule has 0 unspecified atom stereocenters. The second-order valence-corrected chi connectivity index (χ2v) is 5.86. The first-order chi connectivity index (χ1) is 9.31. The number of nitrogens with zero attached hydrogens (tertiary/aromatic N) is 2. The van der Waals surface area contributed by atoms with Gasteiger partial charge in [0.15, 0.2) is 0 Å². The molecule has 3 rings (SSSR count). The maximum Gasteiger partial charge on any atom is 0.128 e. The third-order valence-corrected chi connectivity index (χ3v) is 4.32. The minimum atomic E-state index is 0.411. The Bertz CT molecular complexity index is 389. The van der Waals surface area contributed by atoms with E-state index in [0.29, 0.717) is 12.1 Å². The summed E-state index contributed by atoms with van der Waals surface area (Å²) in [5.74, 6) is 1.12. The Kier molecular flexibility index (Phi) is 3.87. The van der Waals surface area contributed by atoms with Gasteiger partial charge in [0.1, 0.15) is 5.82 Å². The lowest BCUT2D eigenvalue weighted by molar-refractivity contribution is 0.411. The third kappa shape index (κ3) is 3.18. The van der Waals surface area contributed by atoms with Crippen molar-refractivity contribution in [2.45, 2.75) is 50.6 Å². The summed E-state index contributed by atoms with van der Waals surface area (Å²) in [4.78, 5) is 6.94. The molecule has 1 aliphatic heterocycles. The minimum absolute atomic E-state index is 0.411. The van der Waals surface area contributed by atoms with E-state index in [0.717, 1.165) is 37.4 Å². The first-order valence-corrected chi connectivity index (χ1v) is 7.54. The van der Waals surface area contributed by atoms with Gasteiger partial charge in [-0.15, -0.1) is 0 Å². The number of nitrogens with one attached hydrogen (secondary N) is 1. The van der Waals surface area contributed by atoms with Crippen molar-refractivity contribution in [3.8, 4) is 0 Å². The van der Waals surface area contributed by atoms with Crippen LogP contribution >= 0.6 is 0 Å². The van der Waals surface area contributed by atoms with E-state index in [2.05, 4.69) is 27.3 Å². The standard InChI is InChI=1S/C15H24N4/c16-12-3-5-13(6-4-12)18-14-7-8-15(17-11-14)19-9-1-2-10-19/h7-8,11-13,18H,1-6,9-10,16H2. The maximum atomic E-state index is 5.93. The summed E-state index contributed by atoms with van der Waals surface area (Å²) in [5.41, 5.74) is 7.08. The summed E-state index contributed by atoms with van der Waals surface area (Å²) in [6.45, 7) is 2.31. The second-order valence-electron chi connectivity index (χ2n) is 5.86. The number of nitrogens with two attached hydrogens (primary N) is 1. The van der Waals surface area contributed by atoms with Crippen molar-refractivity contribution < 1.29 is 0 Å². The molecule has 0 atom stereocenters. The van der Waals surface area contributed by atoms with Crippen LogP contribution in [-0.2, 0) is 0 Å². The zero-order valence-corrected chi connectivity index (χ0v) is 11.5. The van der Waals surface area contributed by atoms with Gasteiger partial charge in [-0.25, -0.2) is 4.98 Å². The zero-order chi connectivity index (χ0) is 13.1. The Balaban J connectivity index is 1.56. The average molecular weight is 260 g/mol. The molecule has 2 heterocycles. The van der Waals surface area contributed by atoms with Crippen LogP contribution in [0.1, 0.15) is 38.5 Å². The molecule has 0 radical (unpaired) electrons. The molecule has 1 saturated carbocycles. The van der Waals surface area contributed by atoms with Gasteiger partial charge in [-0.2, -0.15) is 0 Å². The summed E-state index contributed by atoms with van der Waals surface area (Å²) in [6.07, 6.45) is 9.19. The van der Waals surface area contributed by atoms with E-state index in [1.54, 1.807) is 0 Å². The van der Waals surface area contributed by atoms with Crippen LogP contribution in [0, 0.1) is 0 Å². The van der Waals surface area contributed by atoms with Gasteiger partial charge in [-0.05, 0) is 50.7 Å². The van der Waals surface area contributed by atoms with Crippen LogP contribution < -0.4 is 16.0 Å². The molecule has 0 spiro atoms. The van der Waals surface area contributed by atoms with Gasteiger partial charge in [0, 0.05) is 25.2 Å². The summed E-state index contributed by atoms with van der Waals surface area (Å²) < 4.78 is 0. The van der Waals surface area contributed by atoms with Gasteiger partial charge < -0.3 is 16.0 Å². The molecule has 1 aromatic rings. The fourth-order valence-electron chi connectivity index (χ4n) is 3.10. The lowest BCUT2D eigenvalue weighted by Crippen LogP contribution is -2.32. The van der Waals surface area contributed by atoms with Crippen molar-refractivity contribution in [2.75, 3.05) is 23.3 Å². The van der Waals surface area contributed by atoms with Crippen LogP contribution in [0.3, 0.4) is 0 Å². The van der Waals surface area contributed by atoms with Gasteiger partial charge in [-0.3, -0.25) is 0 Å². The first kappa shape index (κ1) is 12.7. The molecular weight excluding hydrogens is 236 g/mol. The maximum absolute atomic E-state index is 5.93. The van der Waals surface area contributed by atoms with Gasteiger partial charge in [0.05, 0.1) is 11.9 Å². The lowest BCUT2D eigenvalue weighted by Gasteiger charge is -2.27. The van der Waals surface area contributed by atoms with Crippen LogP contribution in [0.15, 0.2) is 18.3 Å². The smallest absolute Gasteiger partial charge is 0.128 e. The number of aromatic nitrogens is 1. The predicted octanol–water partition coefficient (Wildman–Crippen LogP) is 2.36. The fraction of sp³-hybridized carbons (Fsp3) is 0.667. The van der Waals surface area contributed by atoms with Crippen molar-refractivity contribution in [2.24, 2.45) is 5.73 Å². The average Bonchev–Trinajstić information content (AvgIpc) is 2.96. The van der Waals surface area contributed by atoms with E-state index < -0.39 is 0 Å². The molecule has 4 heteroatoms. The number of hydrogen-bond acceptors (Lipinski definition) is 4. The summed E-state index contributed by atoms with van der Waals surface area (Å²) in [5, 5.41) is 3.58. The highest BCUT2D eigenvalue weighted by Crippen LogP contribution is 2.23. The van der Waals surface area contributed by atoms with Crippen LogP contribution in [0.5, 0.6) is 0 Å². The first-order valence-electron chi connectivity index (χ1n) is 7.54. The molecule has 0 aromatic carbocycles. The highest BCUT2D eigenvalue weighted by Gasteiger charge is 2.18. The monoisotopic (exact) mass is 260 g/mol. The largest absolute Gasteiger partial charge is 0.381 e. The van der Waals surface area contributed by atoms with Crippen molar-refractivity contribution >= 4 is 11.5 Å². The van der Waals surface area contributed by atoms with E-state index in [9.17, 15) is 0 Å². The molecule has 1 saturated heterocycles. The van der Waals surface area contributed by atoms with Crippen molar-refractivity contribution in [1.82, 2.24) is 4.98 Å². The minimum Gasteiger partial charge on any atom is -0.381 e. The molecule has 1 aromatic heterocycles. The Hall–Kier alpha value is -1.29. The Morgan fingerprint density at radius 1 is 1.11 bits per heavy atom. The third-order valence-electron chi connectivity index (χ3n) is 4.32. The summed E-state index contributed by atoms with van der Waals surface area (Å²) in [7, 11) is 0. The van der Waals surface area contributed by atoms with Crippen molar-refractivity contribution in [3.63, 3.8) is 0 Å². The molecule has 19 heavy (non-hydrogen) atoms. The van der Waals surface area contributed by atoms with Gasteiger partial charge in [0.25, 0.3) is 0 Å². The van der Waals surface area contributed by atoms with E-state index in [4.69, 9.17) is 5.73 Å². The number of anilines is 2. The van der Waals surface area contributed by atoms with E-state index in [1.165, 1.54) is 25.7 Å². The van der Waals surface area contributed by atoms with Crippen LogP contribution in [0.4, 0.5) is 11.5 Å². The van der Waals surface area contributed by atoms with E-state index >= 15 is 0 Å². The van der Waals surface area contributed by atoms with Crippen LogP contribution in [-0.4, -0.2) is 30.2 Å². The number of pyridine rings is 1. The lowest BCUT2D eigenvalue weighted by atomic mass is 9.92. The second kappa shape index (κ2) is 5.78. The number of hydrogen-bond donors (Lipinski definition) is 2. The van der Waals surface area contributed by atoms with Gasteiger partial charge in [0.2, 0.25) is 0 Å². The molecule has 1 aliphatic carbocycles. The molecule has 0 bridgehead atoms. The Morgan fingerprint density at radius 2 is 1.84 bits per heavy atom. The zero-order valence-electron chi connectivity index (χ0n) is 11.5. The quantitative estimate of drug-likeness (QED) is 0.876. The molecule has 2 fully saturated rings. The molecule has 0 amide bonds. The highest BCUT2D eigenvalue weighted by atomic mass is 15.2. The normalized spacial score (nSPS) is 27.5. The van der Waals surface area contributed by atoms with Gasteiger partial charge >= 0.3 is 0 Å². The van der Waals surface area contributed by atoms with Crippen molar-refractivity contribution in [1.29, 1.82) is 0 Å². The van der Waals surface area contributed by atoms with Crippen LogP contribution in [0.25, 0.3) is 0 Å². The predicted molar refractivity (Wildman–Crippen MR) is 79.5 cm³/mol. The Labute approximate surface area is 115 Å². The molecule has 4 nitrogen and oxygen atoms in total. The summed E-state index contributed by atoms with van der Waals surface area (Å²) in [6, 6.07) is 5.28.